The van der Waals surface area contributed by atoms with E-state index in [0.717, 1.165) is 33.9 Å². The number of rotatable bonds is 5. The average molecular weight is 535 g/mol. The minimum absolute atomic E-state index is 0.0194. The van der Waals surface area contributed by atoms with Crippen LogP contribution in [-0.2, 0) is 17.9 Å². The van der Waals surface area contributed by atoms with Gasteiger partial charge in [-0.1, -0.05) is 48.0 Å². The quantitative estimate of drug-likeness (QED) is 0.265. The average Bonchev–Trinajstić information content (AvgIpc) is 3.53. The summed E-state index contributed by atoms with van der Waals surface area (Å²) in [5, 5.41) is 0.930. The number of nitrogens with zero attached hydrogens (tertiary/aromatic N) is 2. The third-order valence-electron chi connectivity index (χ3n) is 6.59. The number of carbonyl (C=O) groups excluding carboxylic acids is 2. The van der Waals surface area contributed by atoms with Gasteiger partial charge in [0.2, 0.25) is 6.79 Å². The molecule has 4 aromatic rings. The molecule has 186 valence electrons. The lowest BCUT2D eigenvalue weighted by atomic mass is 10.1. The number of hydrogen-bond acceptors (Lipinski definition) is 5. The van der Waals surface area contributed by atoms with Crippen LogP contribution in [0.25, 0.3) is 17.0 Å². The maximum Gasteiger partial charge on any atom is 0.293 e. The Bertz CT molecular complexity index is 1630. The van der Waals surface area contributed by atoms with Crippen molar-refractivity contribution in [2.24, 2.45) is 0 Å². The zero-order valence-electron chi connectivity index (χ0n) is 19.7. The molecule has 3 aromatic carbocycles. The molecule has 1 fully saturated rings. The van der Waals surface area contributed by atoms with E-state index >= 15 is 0 Å². The highest BCUT2D eigenvalue weighted by Crippen LogP contribution is 2.40. The molecule has 9 heteroatoms. The van der Waals surface area contributed by atoms with Crippen molar-refractivity contribution in [3.05, 3.63) is 98.8 Å². The predicted molar refractivity (Wildman–Crippen MR) is 141 cm³/mol. The fourth-order valence-electron chi connectivity index (χ4n) is 4.66. The fourth-order valence-corrected chi connectivity index (χ4v) is 5.69. The van der Waals surface area contributed by atoms with Crippen molar-refractivity contribution < 1.29 is 23.5 Å². The van der Waals surface area contributed by atoms with Gasteiger partial charge in [0.05, 0.1) is 18.0 Å². The van der Waals surface area contributed by atoms with Gasteiger partial charge in [-0.3, -0.25) is 14.5 Å². The van der Waals surface area contributed by atoms with Gasteiger partial charge in [-0.25, -0.2) is 4.39 Å². The van der Waals surface area contributed by atoms with Crippen LogP contribution in [0.15, 0.2) is 65.6 Å². The van der Waals surface area contributed by atoms with Crippen LogP contribution in [-0.4, -0.2) is 27.4 Å². The first kappa shape index (κ1) is 23.6. The zero-order valence-corrected chi connectivity index (χ0v) is 21.2. The zero-order chi connectivity index (χ0) is 25.7. The van der Waals surface area contributed by atoms with Gasteiger partial charge in [-0.05, 0) is 48.5 Å². The lowest BCUT2D eigenvalue weighted by molar-refractivity contribution is -0.123. The molecule has 6 nitrogen and oxygen atoms in total. The van der Waals surface area contributed by atoms with Crippen molar-refractivity contribution >= 4 is 51.5 Å². The monoisotopic (exact) mass is 534 g/mol. The molecule has 0 atom stereocenters. The molecule has 0 spiro atoms. The van der Waals surface area contributed by atoms with E-state index in [1.54, 1.807) is 30.3 Å². The van der Waals surface area contributed by atoms with Gasteiger partial charge in [0.15, 0.2) is 11.5 Å². The van der Waals surface area contributed by atoms with Crippen molar-refractivity contribution in [2.75, 3.05) is 6.79 Å². The first-order chi connectivity index (χ1) is 17.9. The van der Waals surface area contributed by atoms with Crippen molar-refractivity contribution in [3.63, 3.8) is 0 Å². The van der Waals surface area contributed by atoms with Gasteiger partial charge in [0.25, 0.3) is 11.1 Å². The Morgan fingerprint density at radius 2 is 1.73 bits per heavy atom. The number of thioether (sulfide) groups is 1. The minimum atomic E-state index is -0.394. The summed E-state index contributed by atoms with van der Waals surface area (Å²) >= 11 is 7.27. The Balaban J connectivity index is 1.34. The smallest absolute Gasteiger partial charge is 0.293 e. The third-order valence-corrected chi connectivity index (χ3v) is 7.84. The molecule has 3 heterocycles. The number of fused-ring (bicyclic) bond motifs is 2. The number of halogens is 2. The van der Waals surface area contributed by atoms with Gasteiger partial charge >= 0.3 is 0 Å². The van der Waals surface area contributed by atoms with E-state index in [1.807, 2.05) is 41.8 Å². The van der Waals surface area contributed by atoms with E-state index in [0.29, 0.717) is 39.1 Å². The number of hydrogen-bond donors (Lipinski definition) is 0. The highest BCUT2D eigenvalue weighted by Gasteiger charge is 2.36. The van der Waals surface area contributed by atoms with Crippen molar-refractivity contribution in [1.29, 1.82) is 0 Å². The van der Waals surface area contributed by atoms with Gasteiger partial charge in [-0.2, -0.15) is 0 Å². The molecular formula is C28H20ClFN2O4S. The van der Waals surface area contributed by atoms with Crippen LogP contribution >= 0.6 is 23.4 Å². The Morgan fingerprint density at radius 1 is 1.00 bits per heavy atom. The van der Waals surface area contributed by atoms with E-state index in [4.69, 9.17) is 21.1 Å². The van der Waals surface area contributed by atoms with Gasteiger partial charge in [-0.15, -0.1) is 0 Å². The SMILES string of the molecule is Cc1c(/C=C2\SC(=O)N(Cc3cc4c(cc3Cl)OCO4)C2=O)c2ccccc2n1Cc1ccccc1F. The summed E-state index contributed by atoms with van der Waals surface area (Å²) in [4.78, 5) is 27.7. The first-order valence-corrected chi connectivity index (χ1v) is 12.7. The van der Waals surface area contributed by atoms with Crippen LogP contribution in [0.5, 0.6) is 11.5 Å². The molecule has 2 amide bonds. The summed E-state index contributed by atoms with van der Waals surface area (Å²) in [5.41, 5.74) is 3.76. The van der Waals surface area contributed by atoms with Crippen molar-refractivity contribution in [2.45, 2.75) is 20.0 Å². The summed E-state index contributed by atoms with van der Waals surface area (Å²) < 4.78 is 27.2. The minimum Gasteiger partial charge on any atom is -0.454 e. The van der Waals surface area contributed by atoms with Crippen LogP contribution in [0.1, 0.15) is 22.4 Å². The number of benzene rings is 3. The standard InChI is InChI=1S/C28H20ClFN2O4S/c1-16-20(19-7-3-5-9-23(19)31(16)13-17-6-2-4-8-22(17)30)11-26-27(33)32(28(34)37-26)14-18-10-24-25(12-21(18)29)36-15-35-24/h2-12H,13-15H2,1H3/b26-11-. The summed E-state index contributed by atoms with van der Waals surface area (Å²) in [6.07, 6.45) is 1.75. The third kappa shape index (κ3) is 4.16. The summed E-state index contributed by atoms with van der Waals surface area (Å²) in [6, 6.07) is 17.8. The predicted octanol–water partition coefficient (Wildman–Crippen LogP) is 6.76. The van der Waals surface area contributed by atoms with Crippen LogP contribution in [0.4, 0.5) is 9.18 Å². The van der Waals surface area contributed by atoms with E-state index in [9.17, 15) is 14.0 Å². The summed E-state index contributed by atoms with van der Waals surface area (Å²) in [7, 11) is 0. The molecule has 1 aromatic heterocycles. The van der Waals surface area contributed by atoms with Gasteiger partial charge < -0.3 is 14.0 Å². The number of aromatic nitrogens is 1. The van der Waals surface area contributed by atoms with Crippen LogP contribution in [0.2, 0.25) is 5.02 Å². The second-order valence-corrected chi connectivity index (χ2v) is 10.2. The Morgan fingerprint density at radius 3 is 2.54 bits per heavy atom. The molecule has 1 saturated heterocycles. The number of imide groups is 1. The number of amides is 2. The van der Waals surface area contributed by atoms with Crippen LogP contribution in [0, 0.1) is 12.7 Å². The van der Waals surface area contributed by atoms with E-state index in [1.165, 1.54) is 11.0 Å². The number of para-hydroxylation sites is 1. The first-order valence-electron chi connectivity index (χ1n) is 11.6. The molecule has 0 saturated carbocycles. The Kier molecular flexibility index (Phi) is 5.93. The van der Waals surface area contributed by atoms with Crippen LogP contribution in [0.3, 0.4) is 0 Å². The van der Waals surface area contributed by atoms with E-state index in [-0.39, 0.29) is 24.4 Å². The largest absolute Gasteiger partial charge is 0.454 e. The fraction of sp³-hybridized carbons (Fsp3) is 0.143. The molecule has 0 bridgehead atoms. The molecule has 6 rings (SSSR count). The van der Waals surface area contributed by atoms with E-state index in [2.05, 4.69) is 0 Å². The van der Waals surface area contributed by atoms with Gasteiger partial charge in [0, 0.05) is 38.8 Å². The molecule has 2 aliphatic rings. The Hall–Kier alpha value is -3.75. The molecule has 0 unspecified atom stereocenters. The van der Waals surface area contributed by atoms with E-state index < -0.39 is 5.91 Å². The van der Waals surface area contributed by atoms with Crippen molar-refractivity contribution in [3.8, 4) is 11.5 Å². The van der Waals surface area contributed by atoms with Gasteiger partial charge in [0.1, 0.15) is 5.82 Å². The maximum absolute atomic E-state index is 14.4. The number of carbonyl (C=O) groups is 2. The number of ether oxygens (including phenoxy) is 2. The molecule has 0 N–H and O–H groups in total. The topological polar surface area (TPSA) is 60.8 Å². The van der Waals surface area contributed by atoms with Crippen LogP contribution < -0.4 is 9.47 Å². The lowest BCUT2D eigenvalue weighted by Crippen LogP contribution is -2.27. The molecular weight excluding hydrogens is 515 g/mol. The highest BCUT2D eigenvalue weighted by molar-refractivity contribution is 8.18. The summed E-state index contributed by atoms with van der Waals surface area (Å²) in [6.45, 7) is 2.40. The molecule has 0 radical (unpaired) electrons. The normalized spacial score (nSPS) is 16.0. The lowest BCUT2D eigenvalue weighted by Gasteiger charge is -2.14. The van der Waals surface area contributed by atoms with Crippen molar-refractivity contribution in [1.82, 2.24) is 9.47 Å². The molecule has 0 aliphatic carbocycles. The second kappa shape index (κ2) is 9.28. The highest BCUT2D eigenvalue weighted by atomic mass is 35.5. The molecule has 2 aliphatic heterocycles. The Labute approximate surface area is 221 Å². The maximum atomic E-state index is 14.4. The molecule has 37 heavy (non-hydrogen) atoms. The summed E-state index contributed by atoms with van der Waals surface area (Å²) in [5.74, 6) is 0.392. The second-order valence-electron chi connectivity index (χ2n) is 8.76.